The van der Waals surface area contributed by atoms with E-state index in [0.29, 0.717) is 12.0 Å². The van der Waals surface area contributed by atoms with E-state index in [1.807, 2.05) is 6.20 Å². The van der Waals surface area contributed by atoms with Crippen LogP contribution < -0.4 is 5.32 Å². The Kier molecular flexibility index (Phi) is 2.59. The van der Waals surface area contributed by atoms with Gasteiger partial charge >= 0.3 is 0 Å². The summed E-state index contributed by atoms with van der Waals surface area (Å²) < 4.78 is 2.36. The van der Waals surface area contributed by atoms with Crippen LogP contribution in [0.15, 0.2) is 6.20 Å². The quantitative estimate of drug-likeness (QED) is 0.777. The molecule has 0 spiro atoms. The number of aromatic nitrogens is 2. The molecule has 0 aliphatic carbocycles. The molecule has 14 heavy (non-hydrogen) atoms. The Labute approximate surface area is 85.5 Å². The lowest BCUT2D eigenvalue weighted by atomic mass is 10.1. The standard InChI is InChI=1S/C11H19N3/c1-8(2)14-9(3)6-13-11(14)10-4-5-12-7-10/h6,8,10,12H,4-5,7H2,1-3H3/t10-/m1/s1. The molecule has 1 saturated heterocycles. The monoisotopic (exact) mass is 193 g/mol. The van der Waals surface area contributed by atoms with Gasteiger partial charge in [-0.2, -0.15) is 0 Å². The van der Waals surface area contributed by atoms with Crippen LogP contribution in [0.25, 0.3) is 0 Å². The number of imidazole rings is 1. The summed E-state index contributed by atoms with van der Waals surface area (Å²) in [5, 5.41) is 3.39. The minimum Gasteiger partial charge on any atom is -0.330 e. The maximum Gasteiger partial charge on any atom is 0.113 e. The fraction of sp³-hybridized carbons (Fsp3) is 0.727. The molecule has 3 heteroatoms. The molecule has 1 aromatic heterocycles. The normalized spacial score (nSPS) is 22.1. The molecule has 1 N–H and O–H groups in total. The van der Waals surface area contributed by atoms with Crippen LogP contribution >= 0.6 is 0 Å². The maximum absolute atomic E-state index is 4.54. The lowest BCUT2D eigenvalue weighted by molar-refractivity contribution is 0.527. The van der Waals surface area contributed by atoms with Gasteiger partial charge in [0.15, 0.2) is 0 Å². The topological polar surface area (TPSA) is 29.9 Å². The van der Waals surface area contributed by atoms with Crippen molar-refractivity contribution in [2.45, 2.75) is 39.2 Å². The third kappa shape index (κ3) is 1.57. The van der Waals surface area contributed by atoms with Gasteiger partial charge in [-0.1, -0.05) is 0 Å². The molecule has 0 bridgehead atoms. The molecule has 78 valence electrons. The predicted octanol–water partition coefficient (Wildman–Crippen LogP) is 1.85. The number of hydrogen-bond donors (Lipinski definition) is 1. The molecule has 0 amide bonds. The van der Waals surface area contributed by atoms with Crippen LogP contribution in [0, 0.1) is 6.92 Å². The van der Waals surface area contributed by atoms with Crippen LogP contribution in [-0.2, 0) is 0 Å². The van der Waals surface area contributed by atoms with E-state index in [-0.39, 0.29) is 0 Å². The first-order chi connectivity index (χ1) is 6.70. The Morgan fingerprint density at radius 1 is 1.57 bits per heavy atom. The van der Waals surface area contributed by atoms with Gasteiger partial charge in [0, 0.05) is 30.4 Å². The zero-order chi connectivity index (χ0) is 10.1. The summed E-state index contributed by atoms with van der Waals surface area (Å²) >= 11 is 0. The van der Waals surface area contributed by atoms with Gasteiger partial charge in [0.05, 0.1) is 0 Å². The second-order valence-corrected chi connectivity index (χ2v) is 4.41. The summed E-state index contributed by atoms with van der Waals surface area (Å²) in [5.74, 6) is 1.88. The van der Waals surface area contributed by atoms with Gasteiger partial charge in [-0.3, -0.25) is 0 Å². The summed E-state index contributed by atoms with van der Waals surface area (Å²) in [6.07, 6.45) is 3.22. The van der Waals surface area contributed by atoms with Gasteiger partial charge in [-0.15, -0.1) is 0 Å². The van der Waals surface area contributed by atoms with E-state index in [4.69, 9.17) is 0 Å². The Bertz CT molecular complexity index is 308. The van der Waals surface area contributed by atoms with Crippen molar-refractivity contribution in [2.24, 2.45) is 0 Å². The summed E-state index contributed by atoms with van der Waals surface area (Å²) in [6, 6.07) is 0.521. The smallest absolute Gasteiger partial charge is 0.113 e. The van der Waals surface area contributed by atoms with Gasteiger partial charge in [0.2, 0.25) is 0 Å². The van der Waals surface area contributed by atoms with E-state index in [1.165, 1.54) is 17.9 Å². The van der Waals surface area contributed by atoms with Gasteiger partial charge in [-0.25, -0.2) is 4.98 Å². The van der Waals surface area contributed by atoms with Crippen LogP contribution in [0.3, 0.4) is 0 Å². The molecule has 0 saturated carbocycles. The van der Waals surface area contributed by atoms with Crippen LogP contribution in [0.1, 0.15) is 43.7 Å². The molecule has 0 aromatic carbocycles. The second-order valence-electron chi connectivity index (χ2n) is 4.41. The molecular weight excluding hydrogens is 174 g/mol. The van der Waals surface area contributed by atoms with Crippen LogP contribution in [-0.4, -0.2) is 22.6 Å². The number of hydrogen-bond acceptors (Lipinski definition) is 2. The van der Waals surface area contributed by atoms with Crippen molar-refractivity contribution in [1.82, 2.24) is 14.9 Å². The number of nitrogens with one attached hydrogen (secondary N) is 1. The predicted molar refractivity (Wildman–Crippen MR) is 57.6 cm³/mol. The van der Waals surface area contributed by atoms with Crippen molar-refractivity contribution in [3.05, 3.63) is 17.7 Å². The highest BCUT2D eigenvalue weighted by molar-refractivity contribution is 5.11. The van der Waals surface area contributed by atoms with Gasteiger partial charge in [0.1, 0.15) is 5.82 Å². The third-order valence-corrected chi connectivity index (χ3v) is 2.95. The Hall–Kier alpha value is -0.830. The van der Waals surface area contributed by atoms with Gasteiger partial charge in [-0.05, 0) is 33.7 Å². The van der Waals surface area contributed by atoms with Crippen LogP contribution in [0.4, 0.5) is 0 Å². The van der Waals surface area contributed by atoms with Crippen molar-refractivity contribution in [1.29, 1.82) is 0 Å². The van der Waals surface area contributed by atoms with Crippen molar-refractivity contribution >= 4 is 0 Å². The number of nitrogens with zero attached hydrogens (tertiary/aromatic N) is 2. The average molecular weight is 193 g/mol. The van der Waals surface area contributed by atoms with E-state index in [9.17, 15) is 0 Å². The van der Waals surface area contributed by atoms with Crippen molar-refractivity contribution in [2.75, 3.05) is 13.1 Å². The minimum atomic E-state index is 0.521. The molecule has 1 aromatic rings. The van der Waals surface area contributed by atoms with E-state index >= 15 is 0 Å². The number of rotatable bonds is 2. The highest BCUT2D eigenvalue weighted by Gasteiger charge is 2.22. The van der Waals surface area contributed by atoms with Gasteiger partial charge in [0.25, 0.3) is 0 Å². The fourth-order valence-corrected chi connectivity index (χ4v) is 2.31. The first-order valence-electron chi connectivity index (χ1n) is 5.44. The van der Waals surface area contributed by atoms with Crippen LogP contribution in [0.2, 0.25) is 0 Å². The number of aryl methyl sites for hydroxylation is 1. The highest BCUT2D eigenvalue weighted by atomic mass is 15.1. The molecule has 1 atom stereocenters. The molecule has 2 heterocycles. The molecule has 1 fully saturated rings. The third-order valence-electron chi connectivity index (χ3n) is 2.95. The van der Waals surface area contributed by atoms with E-state index in [0.717, 1.165) is 13.1 Å². The zero-order valence-corrected chi connectivity index (χ0v) is 9.25. The van der Waals surface area contributed by atoms with Crippen molar-refractivity contribution in [3.8, 4) is 0 Å². The Morgan fingerprint density at radius 2 is 2.36 bits per heavy atom. The average Bonchev–Trinajstić information content (AvgIpc) is 2.70. The van der Waals surface area contributed by atoms with Gasteiger partial charge < -0.3 is 9.88 Å². The summed E-state index contributed by atoms with van der Waals surface area (Å²) in [6.45, 7) is 8.80. The Morgan fingerprint density at radius 3 is 2.93 bits per heavy atom. The first-order valence-corrected chi connectivity index (χ1v) is 5.44. The highest BCUT2D eigenvalue weighted by Crippen LogP contribution is 2.24. The zero-order valence-electron chi connectivity index (χ0n) is 9.25. The second kappa shape index (κ2) is 3.73. The summed E-state index contributed by atoms with van der Waals surface area (Å²) in [5.41, 5.74) is 1.28. The van der Waals surface area contributed by atoms with Crippen molar-refractivity contribution in [3.63, 3.8) is 0 Å². The van der Waals surface area contributed by atoms with Crippen molar-refractivity contribution < 1.29 is 0 Å². The summed E-state index contributed by atoms with van der Waals surface area (Å²) in [7, 11) is 0. The lowest BCUT2D eigenvalue weighted by Gasteiger charge is -2.17. The summed E-state index contributed by atoms with van der Waals surface area (Å²) in [4.78, 5) is 4.54. The largest absolute Gasteiger partial charge is 0.330 e. The molecule has 3 nitrogen and oxygen atoms in total. The maximum atomic E-state index is 4.54. The van der Waals surface area contributed by atoms with Crippen LogP contribution in [0.5, 0.6) is 0 Å². The minimum absolute atomic E-state index is 0.521. The van der Waals surface area contributed by atoms with E-state index < -0.39 is 0 Å². The molecule has 1 aliphatic rings. The van der Waals surface area contributed by atoms with E-state index in [2.05, 4.69) is 35.6 Å². The molecule has 0 unspecified atom stereocenters. The first kappa shape index (κ1) is 9.71. The molecular formula is C11H19N3. The molecule has 2 rings (SSSR count). The fourth-order valence-electron chi connectivity index (χ4n) is 2.31. The van der Waals surface area contributed by atoms with E-state index in [1.54, 1.807) is 0 Å². The molecule has 0 radical (unpaired) electrons. The lowest BCUT2D eigenvalue weighted by Crippen LogP contribution is -2.14. The molecule has 1 aliphatic heterocycles. The Balaban J connectivity index is 2.32. The SMILES string of the molecule is Cc1cnc([C@@H]2CCNC2)n1C(C)C.